The minimum atomic E-state index is -3.26. The van der Waals surface area contributed by atoms with Crippen LogP contribution in [0.2, 0.25) is 0 Å². The monoisotopic (exact) mass is 486 g/mol. The van der Waals surface area contributed by atoms with Gasteiger partial charge in [0.1, 0.15) is 12.4 Å². The number of nitrogens with zero attached hydrogens (tertiary/aromatic N) is 4. The van der Waals surface area contributed by atoms with Crippen LogP contribution in [0.1, 0.15) is 5.56 Å². The van der Waals surface area contributed by atoms with E-state index >= 15 is 0 Å². The van der Waals surface area contributed by atoms with Gasteiger partial charge in [-0.3, -0.25) is 14.5 Å². The van der Waals surface area contributed by atoms with E-state index in [0.29, 0.717) is 11.5 Å². The number of fused-ring (bicyclic) bond motifs is 2. The van der Waals surface area contributed by atoms with Gasteiger partial charge in [0.25, 0.3) is 0 Å². The summed E-state index contributed by atoms with van der Waals surface area (Å²) in [7, 11) is -3.26. The lowest BCUT2D eigenvalue weighted by Crippen LogP contribution is -2.19. The Hall–Kier alpha value is -4.31. The number of pyridine rings is 2. The first-order chi connectivity index (χ1) is 16.7. The summed E-state index contributed by atoms with van der Waals surface area (Å²) < 4.78 is 25.0. The van der Waals surface area contributed by atoms with Crippen molar-refractivity contribution in [3.05, 3.63) is 72.7 Å². The van der Waals surface area contributed by atoms with Crippen molar-refractivity contribution in [2.45, 2.75) is 18.4 Å². The number of hydrogen-bond acceptors (Lipinski definition) is 7. The Bertz CT molecular complexity index is 1710. The van der Waals surface area contributed by atoms with Gasteiger partial charge < -0.3 is 11.1 Å². The highest BCUT2D eigenvalue weighted by molar-refractivity contribution is 7.90. The van der Waals surface area contributed by atoms with Crippen LogP contribution in [0.5, 0.6) is 0 Å². The van der Waals surface area contributed by atoms with Crippen molar-refractivity contribution in [2.24, 2.45) is 5.73 Å². The number of carbonyl (C=O) groups is 1. The second-order valence-corrected chi connectivity index (χ2v) is 10.3. The molecule has 9 nitrogen and oxygen atoms in total. The molecule has 3 aromatic heterocycles. The van der Waals surface area contributed by atoms with Gasteiger partial charge in [0.05, 0.1) is 22.3 Å². The van der Waals surface area contributed by atoms with E-state index in [2.05, 4.69) is 20.4 Å². The lowest BCUT2D eigenvalue weighted by atomic mass is 9.98. The molecule has 0 saturated carbocycles. The topological polar surface area (TPSA) is 133 Å². The van der Waals surface area contributed by atoms with Crippen molar-refractivity contribution in [3.63, 3.8) is 0 Å². The minimum Gasteiger partial charge on any atom is -0.368 e. The SMILES string of the molecule is Cc1c(-c2nccc3cnc(Nc4ccc(S(C)(=O)=O)cc4)cc23)ccc2c1cnn2CC(N)=O. The Labute approximate surface area is 201 Å². The fraction of sp³-hybridized carbons (Fsp3) is 0.120. The molecule has 0 saturated heterocycles. The molecule has 0 bridgehead atoms. The molecule has 0 aliphatic carbocycles. The first-order valence-electron chi connectivity index (χ1n) is 10.8. The van der Waals surface area contributed by atoms with E-state index in [1.807, 2.05) is 31.2 Å². The molecule has 0 radical (unpaired) electrons. The smallest absolute Gasteiger partial charge is 0.239 e. The summed E-state index contributed by atoms with van der Waals surface area (Å²) in [5, 5.41) is 10.3. The molecule has 1 amide bonds. The number of rotatable bonds is 6. The molecule has 3 N–H and O–H groups in total. The number of primary amides is 1. The fourth-order valence-electron chi connectivity index (χ4n) is 4.10. The molecule has 0 atom stereocenters. The van der Waals surface area contributed by atoms with Crippen molar-refractivity contribution in [1.82, 2.24) is 19.7 Å². The third-order valence-electron chi connectivity index (χ3n) is 5.86. The number of sulfone groups is 1. The molecule has 5 aromatic rings. The highest BCUT2D eigenvalue weighted by Crippen LogP contribution is 2.34. The largest absolute Gasteiger partial charge is 0.368 e. The summed E-state index contributed by atoms with van der Waals surface area (Å²) in [5.74, 6) is 0.151. The Morgan fingerprint density at radius 3 is 2.51 bits per heavy atom. The zero-order valence-electron chi connectivity index (χ0n) is 19.1. The van der Waals surface area contributed by atoms with Gasteiger partial charge >= 0.3 is 0 Å². The average Bonchev–Trinajstić information content (AvgIpc) is 3.22. The third-order valence-corrected chi connectivity index (χ3v) is 6.99. The summed E-state index contributed by atoms with van der Waals surface area (Å²) in [4.78, 5) is 20.8. The molecule has 3 heterocycles. The number of anilines is 2. The second kappa shape index (κ2) is 8.48. The Balaban J connectivity index is 1.55. The van der Waals surface area contributed by atoms with Crippen molar-refractivity contribution < 1.29 is 13.2 Å². The predicted molar refractivity (Wildman–Crippen MR) is 135 cm³/mol. The van der Waals surface area contributed by atoms with Gasteiger partial charge in [0.2, 0.25) is 5.91 Å². The van der Waals surface area contributed by atoms with Crippen molar-refractivity contribution in [2.75, 3.05) is 11.6 Å². The number of amides is 1. The summed E-state index contributed by atoms with van der Waals surface area (Å²) >= 11 is 0. The Morgan fingerprint density at radius 1 is 1.03 bits per heavy atom. The van der Waals surface area contributed by atoms with E-state index in [0.717, 1.165) is 38.5 Å². The third kappa shape index (κ3) is 4.31. The van der Waals surface area contributed by atoms with Crippen LogP contribution >= 0.6 is 0 Å². The number of nitrogens with one attached hydrogen (secondary N) is 1. The lowest BCUT2D eigenvalue weighted by Gasteiger charge is -2.12. The lowest BCUT2D eigenvalue weighted by molar-refractivity contribution is -0.118. The molecule has 10 heteroatoms. The Morgan fingerprint density at radius 2 is 1.80 bits per heavy atom. The van der Waals surface area contributed by atoms with E-state index in [1.165, 1.54) is 6.26 Å². The molecule has 5 rings (SSSR count). The number of aryl methyl sites for hydroxylation is 1. The molecule has 0 spiro atoms. The number of hydrogen-bond donors (Lipinski definition) is 2. The maximum Gasteiger partial charge on any atom is 0.239 e. The molecule has 2 aromatic carbocycles. The first-order valence-corrected chi connectivity index (χ1v) is 12.7. The van der Waals surface area contributed by atoms with Crippen molar-refractivity contribution in [3.8, 4) is 11.3 Å². The summed E-state index contributed by atoms with van der Waals surface area (Å²) in [6.07, 6.45) is 6.43. The molecule has 0 unspecified atom stereocenters. The summed E-state index contributed by atoms with van der Waals surface area (Å²) in [6.45, 7) is 2.01. The molecular weight excluding hydrogens is 464 g/mol. The molecule has 0 aliphatic heterocycles. The van der Waals surface area contributed by atoms with Crippen LogP contribution in [-0.4, -0.2) is 40.3 Å². The standard InChI is InChI=1S/C25H22N6O3S/c1-15-19(7-8-22-21(15)13-29-31(22)14-23(26)32)25-20-11-24(28-12-16(20)9-10-27-25)30-17-3-5-18(6-4-17)35(2,33)34/h3-13H,14H2,1-2H3,(H2,26,32)(H,28,30). The van der Waals surface area contributed by atoms with Gasteiger partial charge in [-0.15, -0.1) is 0 Å². The maximum absolute atomic E-state index is 11.7. The number of carbonyl (C=O) groups excluding carboxylic acids is 1. The molecule has 35 heavy (non-hydrogen) atoms. The van der Waals surface area contributed by atoms with Gasteiger partial charge in [-0.1, -0.05) is 6.07 Å². The highest BCUT2D eigenvalue weighted by Gasteiger charge is 2.15. The van der Waals surface area contributed by atoms with E-state index in [4.69, 9.17) is 5.73 Å². The minimum absolute atomic E-state index is 0.0146. The maximum atomic E-state index is 11.7. The zero-order chi connectivity index (χ0) is 24.7. The second-order valence-electron chi connectivity index (χ2n) is 8.31. The van der Waals surface area contributed by atoms with Crippen LogP contribution in [-0.2, 0) is 21.2 Å². The first kappa shape index (κ1) is 22.5. The average molecular weight is 487 g/mol. The van der Waals surface area contributed by atoms with Crippen molar-refractivity contribution in [1.29, 1.82) is 0 Å². The van der Waals surface area contributed by atoms with Crippen LogP contribution in [0, 0.1) is 6.92 Å². The molecule has 0 fully saturated rings. The van der Waals surface area contributed by atoms with Crippen LogP contribution in [0.3, 0.4) is 0 Å². The van der Waals surface area contributed by atoms with Crippen LogP contribution in [0.25, 0.3) is 32.9 Å². The van der Waals surface area contributed by atoms with Gasteiger partial charge in [-0.2, -0.15) is 5.10 Å². The summed E-state index contributed by atoms with van der Waals surface area (Å²) in [5.41, 5.74) is 9.61. The van der Waals surface area contributed by atoms with Gasteiger partial charge in [-0.05, 0) is 55.0 Å². The number of benzene rings is 2. The van der Waals surface area contributed by atoms with Crippen molar-refractivity contribution >= 4 is 48.9 Å². The van der Waals surface area contributed by atoms with E-state index in [1.54, 1.807) is 47.5 Å². The number of aromatic nitrogens is 4. The molecule has 176 valence electrons. The molecule has 0 aliphatic rings. The van der Waals surface area contributed by atoms with E-state index in [-0.39, 0.29) is 11.4 Å². The van der Waals surface area contributed by atoms with Gasteiger partial charge in [0, 0.05) is 46.1 Å². The van der Waals surface area contributed by atoms with Crippen LogP contribution < -0.4 is 11.1 Å². The normalized spacial score (nSPS) is 11.7. The van der Waals surface area contributed by atoms with Crippen LogP contribution in [0.4, 0.5) is 11.5 Å². The van der Waals surface area contributed by atoms with Crippen LogP contribution in [0.15, 0.2) is 72.0 Å². The van der Waals surface area contributed by atoms with Gasteiger partial charge in [-0.25, -0.2) is 13.4 Å². The van der Waals surface area contributed by atoms with E-state index < -0.39 is 15.7 Å². The molecular formula is C25H22N6O3S. The quantitative estimate of drug-likeness (QED) is 0.375. The fourth-order valence-corrected chi connectivity index (χ4v) is 4.73. The van der Waals surface area contributed by atoms with Gasteiger partial charge in [0.15, 0.2) is 9.84 Å². The predicted octanol–water partition coefficient (Wildman–Crippen LogP) is 3.59. The Kier molecular flexibility index (Phi) is 5.45. The van der Waals surface area contributed by atoms with E-state index in [9.17, 15) is 13.2 Å². The highest BCUT2D eigenvalue weighted by atomic mass is 32.2. The number of nitrogens with two attached hydrogens (primary N) is 1. The summed E-state index contributed by atoms with van der Waals surface area (Å²) in [6, 6.07) is 14.2. The zero-order valence-corrected chi connectivity index (χ0v) is 19.9.